The van der Waals surface area contributed by atoms with Gasteiger partial charge in [-0.05, 0) is 29.7 Å². The molecule has 5 N–H and O–H groups in total. The Labute approximate surface area is 145 Å². The highest BCUT2D eigenvalue weighted by atomic mass is 16.4. The van der Waals surface area contributed by atoms with E-state index in [0.29, 0.717) is 6.42 Å². The number of hydrogen-bond acceptors (Lipinski definition) is 5. The summed E-state index contributed by atoms with van der Waals surface area (Å²) < 4.78 is 0. The zero-order valence-electron chi connectivity index (χ0n) is 13.6. The largest absolute Gasteiger partial charge is 0.508 e. The van der Waals surface area contributed by atoms with Crippen LogP contribution in [0.5, 0.6) is 5.75 Å². The van der Waals surface area contributed by atoms with Gasteiger partial charge in [0.15, 0.2) is 0 Å². The molecule has 2 heterocycles. The first-order valence-electron chi connectivity index (χ1n) is 8.47. The number of nitrogens with one attached hydrogen (secondary N) is 3. The average Bonchev–Trinajstić information content (AvgIpc) is 3.05. The van der Waals surface area contributed by atoms with Gasteiger partial charge in [0.1, 0.15) is 5.75 Å². The van der Waals surface area contributed by atoms with E-state index in [-0.39, 0.29) is 29.9 Å². The summed E-state index contributed by atoms with van der Waals surface area (Å²) in [4.78, 5) is 12.0. The number of benzene rings is 2. The quantitative estimate of drug-likeness (QED) is 0.587. The lowest BCUT2D eigenvalue weighted by atomic mass is 9.75. The van der Waals surface area contributed by atoms with Crippen molar-refractivity contribution >= 4 is 5.97 Å². The number of piperidine rings is 1. The molecule has 0 aromatic heterocycles. The van der Waals surface area contributed by atoms with E-state index >= 15 is 0 Å². The number of carboxylic acid groups (broad SMARTS) is 1. The van der Waals surface area contributed by atoms with Gasteiger partial charge in [-0.3, -0.25) is 10.1 Å². The van der Waals surface area contributed by atoms with Gasteiger partial charge in [-0.2, -0.15) is 0 Å². The molecule has 2 saturated heterocycles. The van der Waals surface area contributed by atoms with Crippen molar-refractivity contribution in [3.63, 3.8) is 0 Å². The van der Waals surface area contributed by atoms with Crippen LogP contribution in [0.1, 0.15) is 29.6 Å². The van der Waals surface area contributed by atoms with Crippen LogP contribution in [0.4, 0.5) is 0 Å². The normalized spacial score (nSPS) is 31.4. The van der Waals surface area contributed by atoms with Gasteiger partial charge in [0.2, 0.25) is 0 Å². The summed E-state index contributed by atoms with van der Waals surface area (Å²) in [5, 5.41) is 23.1. The molecular weight excluding hydrogens is 318 g/mol. The topological polar surface area (TPSA) is 93.6 Å². The first-order valence-corrected chi connectivity index (χ1v) is 8.47. The second-order valence-electron chi connectivity index (χ2n) is 6.73. The summed E-state index contributed by atoms with van der Waals surface area (Å²) in [6.07, 6.45) is 0.319. The molecule has 0 spiro atoms. The number of hydrogen-bond donors (Lipinski definition) is 5. The first kappa shape index (κ1) is 16.1. The molecule has 5 atom stereocenters. The Morgan fingerprint density at radius 1 is 1.00 bits per heavy atom. The molecule has 0 saturated carbocycles. The number of phenols is 1. The van der Waals surface area contributed by atoms with Crippen molar-refractivity contribution in [2.45, 2.75) is 24.7 Å². The van der Waals surface area contributed by atoms with Crippen molar-refractivity contribution in [2.24, 2.45) is 11.8 Å². The van der Waals surface area contributed by atoms with Crippen molar-refractivity contribution in [1.82, 2.24) is 16.2 Å². The van der Waals surface area contributed by atoms with Gasteiger partial charge in [-0.15, -0.1) is 0 Å². The Morgan fingerprint density at radius 3 is 2.48 bits per heavy atom. The Hall–Kier alpha value is -2.41. The van der Waals surface area contributed by atoms with Crippen LogP contribution in [-0.2, 0) is 4.79 Å². The summed E-state index contributed by atoms with van der Waals surface area (Å²) in [7, 11) is 0. The predicted octanol–water partition coefficient (Wildman–Crippen LogP) is 1.92. The highest BCUT2D eigenvalue weighted by Crippen LogP contribution is 2.42. The maximum atomic E-state index is 12.0. The fourth-order valence-electron chi connectivity index (χ4n) is 4.08. The van der Waals surface area contributed by atoms with E-state index in [4.69, 9.17) is 0 Å². The molecule has 0 radical (unpaired) electrons. The molecule has 2 aliphatic rings. The van der Waals surface area contributed by atoms with Crippen LogP contribution < -0.4 is 16.2 Å². The minimum Gasteiger partial charge on any atom is -0.508 e. The lowest BCUT2D eigenvalue weighted by Gasteiger charge is -2.39. The molecule has 2 aliphatic heterocycles. The number of carboxylic acids is 1. The Balaban J connectivity index is 1.63. The van der Waals surface area contributed by atoms with Gasteiger partial charge in [0.05, 0.1) is 18.1 Å². The number of carbonyl (C=O) groups is 1. The molecule has 6 nitrogen and oxygen atoms in total. The lowest BCUT2D eigenvalue weighted by Crippen LogP contribution is -2.53. The molecule has 0 aliphatic carbocycles. The predicted molar refractivity (Wildman–Crippen MR) is 92.5 cm³/mol. The Bertz CT molecular complexity index is 768. The summed E-state index contributed by atoms with van der Waals surface area (Å²) in [6.45, 7) is 0. The van der Waals surface area contributed by atoms with Crippen LogP contribution in [0, 0.1) is 11.8 Å². The monoisotopic (exact) mass is 339 g/mol. The van der Waals surface area contributed by atoms with Crippen LogP contribution in [-0.4, -0.2) is 22.3 Å². The fraction of sp³-hybridized carbons (Fsp3) is 0.316. The molecule has 5 unspecified atom stereocenters. The van der Waals surface area contributed by atoms with Gasteiger partial charge < -0.3 is 10.2 Å². The molecule has 2 fully saturated rings. The van der Waals surface area contributed by atoms with Crippen molar-refractivity contribution in [1.29, 1.82) is 0 Å². The molecule has 130 valence electrons. The summed E-state index contributed by atoms with van der Waals surface area (Å²) >= 11 is 0. The Morgan fingerprint density at radius 2 is 1.76 bits per heavy atom. The summed E-state index contributed by atoms with van der Waals surface area (Å²) in [6, 6.07) is 16.7. The summed E-state index contributed by atoms with van der Waals surface area (Å²) in [5.41, 5.74) is 8.45. The SMILES string of the molecule is O=C(O)C1CC(c2cccc(O)c2)NC2NNC(c3ccccc3)C21. The van der Waals surface area contributed by atoms with E-state index in [0.717, 1.165) is 11.1 Å². The standard InChI is InChI=1S/C19H21N3O3/c23-13-8-4-7-12(9-13)15-10-14(19(24)25)16-17(21-22-18(16)20-15)11-5-2-1-3-6-11/h1-9,14-18,20-23H,10H2,(H,24,25). The van der Waals surface area contributed by atoms with Gasteiger partial charge in [-0.25, -0.2) is 10.9 Å². The number of rotatable bonds is 3. The Kier molecular flexibility index (Phi) is 4.17. The van der Waals surface area contributed by atoms with E-state index in [9.17, 15) is 15.0 Å². The molecular formula is C19H21N3O3. The number of phenolic OH excluding ortho intramolecular Hbond substituents is 1. The average molecular weight is 339 g/mol. The third kappa shape index (κ3) is 3.00. The van der Waals surface area contributed by atoms with Crippen LogP contribution in [0.2, 0.25) is 0 Å². The number of fused-ring (bicyclic) bond motifs is 1. The number of aromatic hydroxyl groups is 1. The molecule has 0 amide bonds. The zero-order valence-corrected chi connectivity index (χ0v) is 13.6. The summed E-state index contributed by atoms with van der Waals surface area (Å²) in [5.74, 6) is -1.19. The maximum Gasteiger partial charge on any atom is 0.307 e. The van der Waals surface area contributed by atoms with Crippen molar-refractivity contribution in [3.05, 3.63) is 65.7 Å². The van der Waals surface area contributed by atoms with Crippen LogP contribution in [0.3, 0.4) is 0 Å². The van der Waals surface area contributed by atoms with Crippen LogP contribution in [0.15, 0.2) is 54.6 Å². The van der Waals surface area contributed by atoms with E-state index in [1.165, 1.54) is 0 Å². The van der Waals surface area contributed by atoms with E-state index in [1.807, 2.05) is 36.4 Å². The highest BCUT2D eigenvalue weighted by molar-refractivity contribution is 5.71. The first-order chi connectivity index (χ1) is 12.1. The molecule has 2 aromatic rings. The molecule has 25 heavy (non-hydrogen) atoms. The molecule has 2 aromatic carbocycles. The lowest BCUT2D eigenvalue weighted by molar-refractivity contribution is -0.146. The highest BCUT2D eigenvalue weighted by Gasteiger charge is 2.49. The van der Waals surface area contributed by atoms with Crippen molar-refractivity contribution < 1.29 is 15.0 Å². The van der Waals surface area contributed by atoms with Gasteiger partial charge in [0.25, 0.3) is 0 Å². The smallest absolute Gasteiger partial charge is 0.307 e. The van der Waals surface area contributed by atoms with E-state index in [1.54, 1.807) is 18.2 Å². The minimum atomic E-state index is -0.784. The molecule has 6 heteroatoms. The number of aliphatic carboxylic acids is 1. The van der Waals surface area contributed by atoms with Gasteiger partial charge >= 0.3 is 5.97 Å². The second-order valence-corrected chi connectivity index (χ2v) is 6.73. The fourth-order valence-corrected chi connectivity index (χ4v) is 4.08. The van der Waals surface area contributed by atoms with E-state index in [2.05, 4.69) is 16.2 Å². The third-order valence-corrected chi connectivity index (χ3v) is 5.25. The zero-order chi connectivity index (χ0) is 17.4. The van der Waals surface area contributed by atoms with Gasteiger partial charge in [0, 0.05) is 12.0 Å². The van der Waals surface area contributed by atoms with Crippen LogP contribution >= 0.6 is 0 Å². The minimum absolute atomic E-state index is 0.0649. The molecule has 4 rings (SSSR count). The molecule has 0 bridgehead atoms. The van der Waals surface area contributed by atoms with Crippen molar-refractivity contribution in [3.8, 4) is 5.75 Å². The van der Waals surface area contributed by atoms with Crippen LogP contribution in [0.25, 0.3) is 0 Å². The second kappa shape index (κ2) is 6.48. The van der Waals surface area contributed by atoms with Crippen molar-refractivity contribution in [2.75, 3.05) is 0 Å². The maximum absolute atomic E-state index is 12.0. The number of hydrazine groups is 1. The van der Waals surface area contributed by atoms with E-state index < -0.39 is 11.9 Å². The van der Waals surface area contributed by atoms with Gasteiger partial charge in [-0.1, -0.05) is 42.5 Å². The third-order valence-electron chi connectivity index (χ3n) is 5.25.